The second-order valence-corrected chi connectivity index (χ2v) is 1.61. The lowest BCUT2D eigenvalue weighted by molar-refractivity contribution is 0.467. The largest absolute Gasteiger partial charge is 0.506 e. The highest BCUT2D eigenvalue weighted by Crippen LogP contribution is 2.08. The third-order valence-electron chi connectivity index (χ3n) is 0.979. The number of pyridine rings is 1. The zero-order chi connectivity index (χ0) is 5.98. The van der Waals surface area contributed by atoms with E-state index >= 15 is 0 Å². The molecule has 0 bridgehead atoms. The first-order chi connectivity index (χ1) is 3.80. The Morgan fingerprint density at radius 2 is 2.22 bits per heavy atom. The van der Waals surface area contributed by atoms with E-state index < -0.39 is 0 Å². The molecule has 0 fully saturated rings. The maximum atomic E-state index is 8.86. The van der Waals surface area contributed by atoms with Crippen LogP contribution in [0.5, 0.6) is 5.75 Å². The fourth-order valence-corrected chi connectivity index (χ4v) is 0.476. The standard InChI is InChI=1S/C6H7NO.ClH/c1-5-6(8)3-2-4-7-5;/h2-4,8H,1H3;1H. The third-order valence-corrected chi connectivity index (χ3v) is 0.979. The fraction of sp³-hybridized carbons (Fsp3) is 0.167. The minimum atomic E-state index is 0. The lowest BCUT2D eigenvalue weighted by Crippen LogP contribution is -1.76. The minimum absolute atomic E-state index is 0. The molecule has 1 aromatic rings. The molecule has 0 aliphatic carbocycles. The second kappa shape index (κ2) is 3.30. The van der Waals surface area contributed by atoms with E-state index in [2.05, 4.69) is 4.98 Å². The SMILES string of the molecule is Cc1ncccc1O.Cl. The Bertz CT molecular complexity index is 169. The first-order valence-electron chi connectivity index (χ1n) is 2.41. The molecule has 0 saturated heterocycles. The van der Waals surface area contributed by atoms with Crippen LogP contribution in [0.4, 0.5) is 0 Å². The molecule has 1 aromatic heterocycles. The molecule has 0 unspecified atom stereocenters. The predicted molar refractivity (Wildman–Crippen MR) is 37.9 cm³/mol. The van der Waals surface area contributed by atoms with Gasteiger partial charge in [0.05, 0.1) is 5.69 Å². The Hall–Kier alpha value is -0.760. The molecule has 2 nitrogen and oxygen atoms in total. The molecule has 9 heavy (non-hydrogen) atoms. The lowest BCUT2D eigenvalue weighted by Gasteiger charge is -1.91. The zero-order valence-electron chi connectivity index (χ0n) is 5.03. The molecule has 0 aliphatic rings. The summed E-state index contributed by atoms with van der Waals surface area (Å²) in [5, 5.41) is 8.86. The van der Waals surface area contributed by atoms with E-state index in [4.69, 9.17) is 5.11 Å². The Kier molecular flexibility index (Phi) is 3.02. The molecule has 0 amide bonds. The third kappa shape index (κ3) is 1.90. The van der Waals surface area contributed by atoms with Crippen molar-refractivity contribution in [3.8, 4) is 5.75 Å². The highest BCUT2D eigenvalue weighted by molar-refractivity contribution is 5.85. The number of rotatable bonds is 0. The molecule has 0 saturated carbocycles. The molecule has 50 valence electrons. The van der Waals surface area contributed by atoms with Crippen LogP contribution in [0, 0.1) is 6.92 Å². The van der Waals surface area contributed by atoms with E-state index in [-0.39, 0.29) is 18.2 Å². The van der Waals surface area contributed by atoms with Gasteiger partial charge in [-0.2, -0.15) is 0 Å². The quantitative estimate of drug-likeness (QED) is 0.601. The van der Waals surface area contributed by atoms with Crippen LogP contribution in [-0.4, -0.2) is 10.1 Å². The van der Waals surface area contributed by atoms with Crippen molar-refractivity contribution in [1.29, 1.82) is 0 Å². The molecule has 0 radical (unpaired) electrons. The van der Waals surface area contributed by atoms with Crippen molar-refractivity contribution in [2.45, 2.75) is 6.92 Å². The molecule has 0 spiro atoms. The van der Waals surface area contributed by atoms with Gasteiger partial charge < -0.3 is 5.11 Å². The number of nitrogens with zero attached hydrogens (tertiary/aromatic N) is 1. The van der Waals surface area contributed by atoms with Gasteiger partial charge in [-0.15, -0.1) is 12.4 Å². The fourth-order valence-electron chi connectivity index (χ4n) is 0.476. The van der Waals surface area contributed by atoms with Crippen molar-refractivity contribution in [3.05, 3.63) is 24.0 Å². The highest BCUT2D eigenvalue weighted by Gasteiger charge is 1.88. The lowest BCUT2D eigenvalue weighted by atomic mass is 10.3. The summed E-state index contributed by atoms with van der Waals surface area (Å²) in [6.45, 7) is 1.76. The van der Waals surface area contributed by atoms with E-state index in [0.29, 0.717) is 5.69 Å². The van der Waals surface area contributed by atoms with E-state index in [1.807, 2.05) is 0 Å². The number of halogens is 1. The van der Waals surface area contributed by atoms with Crippen molar-refractivity contribution >= 4 is 12.4 Å². The van der Waals surface area contributed by atoms with Crippen LogP contribution in [0.3, 0.4) is 0 Å². The van der Waals surface area contributed by atoms with Crippen LogP contribution in [0.2, 0.25) is 0 Å². The molecular formula is C6H8ClNO. The van der Waals surface area contributed by atoms with Crippen LogP contribution in [0.15, 0.2) is 18.3 Å². The van der Waals surface area contributed by atoms with Crippen molar-refractivity contribution in [2.75, 3.05) is 0 Å². The van der Waals surface area contributed by atoms with Crippen LogP contribution in [0.25, 0.3) is 0 Å². The number of aryl methyl sites for hydroxylation is 1. The average Bonchev–Trinajstić information content (AvgIpc) is 1.77. The molecule has 1 heterocycles. The Morgan fingerprint density at radius 1 is 1.56 bits per heavy atom. The van der Waals surface area contributed by atoms with Gasteiger partial charge in [-0.25, -0.2) is 0 Å². The van der Waals surface area contributed by atoms with E-state index in [0.717, 1.165) is 0 Å². The van der Waals surface area contributed by atoms with Crippen LogP contribution < -0.4 is 0 Å². The van der Waals surface area contributed by atoms with Gasteiger partial charge in [0.15, 0.2) is 0 Å². The summed E-state index contributed by atoms with van der Waals surface area (Å²) in [4.78, 5) is 3.83. The molecule has 0 aromatic carbocycles. The van der Waals surface area contributed by atoms with Gasteiger partial charge in [-0.3, -0.25) is 4.98 Å². The van der Waals surface area contributed by atoms with Crippen molar-refractivity contribution in [3.63, 3.8) is 0 Å². The second-order valence-electron chi connectivity index (χ2n) is 1.61. The van der Waals surface area contributed by atoms with Crippen LogP contribution in [0.1, 0.15) is 5.69 Å². The average molecular weight is 146 g/mol. The highest BCUT2D eigenvalue weighted by atomic mass is 35.5. The summed E-state index contributed by atoms with van der Waals surface area (Å²) in [5.74, 6) is 0.257. The molecule has 1 rings (SSSR count). The summed E-state index contributed by atoms with van der Waals surface area (Å²) >= 11 is 0. The normalized spacial score (nSPS) is 8.11. The van der Waals surface area contributed by atoms with Gasteiger partial charge in [0, 0.05) is 6.20 Å². The number of aromatic nitrogens is 1. The molecule has 0 aliphatic heterocycles. The van der Waals surface area contributed by atoms with Gasteiger partial charge in [-0.05, 0) is 19.1 Å². The maximum absolute atomic E-state index is 8.86. The van der Waals surface area contributed by atoms with Crippen molar-refractivity contribution in [2.24, 2.45) is 0 Å². The number of hydrogen-bond acceptors (Lipinski definition) is 2. The van der Waals surface area contributed by atoms with Gasteiger partial charge in [0.2, 0.25) is 0 Å². The number of aromatic hydroxyl groups is 1. The Balaban J connectivity index is 0.000000640. The van der Waals surface area contributed by atoms with Crippen LogP contribution in [-0.2, 0) is 0 Å². The van der Waals surface area contributed by atoms with Gasteiger partial charge in [0.25, 0.3) is 0 Å². The van der Waals surface area contributed by atoms with E-state index in [9.17, 15) is 0 Å². The summed E-state index contributed by atoms with van der Waals surface area (Å²) in [5.41, 5.74) is 0.674. The zero-order valence-corrected chi connectivity index (χ0v) is 5.85. The van der Waals surface area contributed by atoms with Gasteiger partial charge in [-0.1, -0.05) is 0 Å². The summed E-state index contributed by atoms with van der Waals surface area (Å²) in [6, 6.07) is 3.31. The topological polar surface area (TPSA) is 33.1 Å². The van der Waals surface area contributed by atoms with E-state index in [1.165, 1.54) is 0 Å². The smallest absolute Gasteiger partial charge is 0.136 e. The van der Waals surface area contributed by atoms with E-state index in [1.54, 1.807) is 25.3 Å². The van der Waals surface area contributed by atoms with Gasteiger partial charge >= 0.3 is 0 Å². The summed E-state index contributed by atoms with van der Waals surface area (Å²) < 4.78 is 0. The van der Waals surface area contributed by atoms with Gasteiger partial charge in [0.1, 0.15) is 5.75 Å². The predicted octanol–water partition coefficient (Wildman–Crippen LogP) is 1.52. The minimum Gasteiger partial charge on any atom is -0.506 e. The molecule has 0 atom stereocenters. The van der Waals surface area contributed by atoms with Crippen molar-refractivity contribution < 1.29 is 5.11 Å². The monoisotopic (exact) mass is 145 g/mol. The number of hydrogen-bond donors (Lipinski definition) is 1. The molecular weight excluding hydrogens is 138 g/mol. The van der Waals surface area contributed by atoms with Crippen LogP contribution >= 0.6 is 12.4 Å². The molecule has 3 heteroatoms. The van der Waals surface area contributed by atoms with Crippen molar-refractivity contribution in [1.82, 2.24) is 4.98 Å². The first kappa shape index (κ1) is 8.24. The molecule has 1 N–H and O–H groups in total. The summed E-state index contributed by atoms with van der Waals surface area (Å²) in [7, 11) is 0. The first-order valence-corrected chi connectivity index (χ1v) is 2.41. The summed E-state index contributed by atoms with van der Waals surface area (Å²) in [6.07, 6.45) is 1.65. The Morgan fingerprint density at radius 3 is 2.56 bits per heavy atom. The maximum Gasteiger partial charge on any atom is 0.136 e. The Labute approximate surface area is 60.0 Å².